The quantitative estimate of drug-likeness (QED) is 0.371. The minimum atomic E-state index is 0.0471. The number of carbonyl (C=O) groups is 1. The van der Waals surface area contributed by atoms with Crippen LogP contribution in [0.15, 0.2) is 40.0 Å². The van der Waals surface area contributed by atoms with Crippen LogP contribution in [0.5, 0.6) is 17.2 Å². The summed E-state index contributed by atoms with van der Waals surface area (Å²) in [6, 6.07) is 9.51. The molecule has 0 saturated carbocycles. The van der Waals surface area contributed by atoms with Crippen molar-refractivity contribution in [2.45, 2.75) is 30.9 Å². The average Bonchev–Trinajstić information content (AvgIpc) is 3.30. The summed E-state index contributed by atoms with van der Waals surface area (Å²) < 4.78 is 21.8. The Morgan fingerprint density at radius 1 is 0.968 bits per heavy atom. The molecule has 3 aromatic rings. The molecule has 0 atom stereocenters. The van der Waals surface area contributed by atoms with Crippen molar-refractivity contribution in [3.8, 4) is 28.7 Å². The minimum Gasteiger partial charge on any atom is -0.493 e. The highest BCUT2D eigenvalue weighted by molar-refractivity contribution is 7.99. The number of benzene rings is 2. The van der Waals surface area contributed by atoms with Gasteiger partial charge in [0.2, 0.25) is 11.6 Å². The van der Waals surface area contributed by atoms with E-state index in [2.05, 4.69) is 16.3 Å². The zero-order valence-electron chi connectivity index (χ0n) is 17.8. The molecule has 1 heterocycles. The van der Waals surface area contributed by atoms with Gasteiger partial charge in [-0.2, -0.15) is 0 Å². The highest BCUT2D eigenvalue weighted by atomic mass is 32.2. The Hall–Kier alpha value is -3.00. The highest BCUT2D eigenvalue weighted by Gasteiger charge is 2.19. The predicted octanol–water partition coefficient (Wildman–Crippen LogP) is 4.62. The second kappa shape index (κ2) is 9.43. The van der Waals surface area contributed by atoms with Gasteiger partial charge >= 0.3 is 0 Å². The highest BCUT2D eigenvalue weighted by Crippen LogP contribution is 2.41. The first kappa shape index (κ1) is 21.2. The molecule has 1 aromatic heterocycles. The van der Waals surface area contributed by atoms with Gasteiger partial charge in [0, 0.05) is 11.1 Å². The minimum absolute atomic E-state index is 0.0471. The molecule has 0 fully saturated rings. The molecule has 0 aliphatic heterocycles. The molecule has 0 N–H and O–H groups in total. The van der Waals surface area contributed by atoms with Gasteiger partial charge in [-0.1, -0.05) is 23.9 Å². The number of carbonyl (C=O) groups excluding carboxylic acids is 1. The molecular formula is C23H24N2O5S. The van der Waals surface area contributed by atoms with E-state index in [4.69, 9.17) is 18.6 Å². The SMILES string of the molecule is COc1cc(-c2nnc(SCC(=O)c3ccc4c(c3)CCCC4)o2)cc(OC)c1OC. The monoisotopic (exact) mass is 440 g/mol. The first-order valence-electron chi connectivity index (χ1n) is 10.0. The molecule has 31 heavy (non-hydrogen) atoms. The van der Waals surface area contributed by atoms with Crippen LogP contribution in [0, 0.1) is 0 Å². The lowest BCUT2D eigenvalue weighted by molar-refractivity contribution is 0.102. The van der Waals surface area contributed by atoms with E-state index in [1.807, 2.05) is 12.1 Å². The van der Waals surface area contributed by atoms with Crippen LogP contribution in [0.25, 0.3) is 11.5 Å². The van der Waals surface area contributed by atoms with E-state index in [-0.39, 0.29) is 11.5 Å². The molecule has 0 unspecified atom stereocenters. The Kier molecular flexibility index (Phi) is 6.46. The van der Waals surface area contributed by atoms with E-state index >= 15 is 0 Å². The molecule has 8 heteroatoms. The van der Waals surface area contributed by atoms with E-state index in [0.717, 1.165) is 18.4 Å². The van der Waals surface area contributed by atoms with Crippen molar-refractivity contribution in [1.29, 1.82) is 0 Å². The van der Waals surface area contributed by atoms with E-state index in [0.29, 0.717) is 33.9 Å². The van der Waals surface area contributed by atoms with Gasteiger partial charge in [0.05, 0.1) is 27.1 Å². The number of Topliss-reactive ketones (excluding diaryl/α,β-unsaturated/α-hetero) is 1. The van der Waals surface area contributed by atoms with Crippen molar-refractivity contribution >= 4 is 17.5 Å². The van der Waals surface area contributed by atoms with Gasteiger partial charge in [-0.25, -0.2) is 0 Å². The zero-order valence-corrected chi connectivity index (χ0v) is 18.6. The predicted molar refractivity (Wildman–Crippen MR) is 118 cm³/mol. The van der Waals surface area contributed by atoms with Crippen LogP contribution in [-0.2, 0) is 12.8 Å². The summed E-state index contributed by atoms with van der Waals surface area (Å²) in [5.41, 5.74) is 4.03. The van der Waals surface area contributed by atoms with Crippen LogP contribution in [-0.4, -0.2) is 43.1 Å². The lowest BCUT2D eigenvalue weighted by Gasteiger charge is -2.16. The van der Waals surface area contributed by atoms with Crippen molar-refractivity contribution < 1.29 is 23.4 Å². The van der Waals surface area contributed by atoms with Crippen molar-refractivity contribution in [2.75, 3.05) is 27.1 Å². The lowest BCUT2D eigenvalue weighted by Crippen LogP contribution is -2.07. The molecule has 162 valence electrons. The van der Waals surface area contributed by atoms with Gasteiger partial charge in [0.15, 0.2) is 17.3 Å². The molecule has 0 bridgehead atoms. The van der Waals surface area contributed by atoms with Crippen molar-refractivity contribution in [1.82, 2.24) is 10.2 Å². The van der Waals surface area contributed by atoms with E-state index in [9.17, 15) is 4.79 Å². The van der Waals surface area contributed by atoms with Gasteiger partial charge in [-0.05, 0) is 55.0 Å². The second-order valence-electron chi connectivity index (χ2n) is 7.19. The Bertz CT molecular complexity index is 1070. The summed E-state index contributed by atoms with van der Waals surface area (Å²) in [5, 5.41) is 8.49. The fraction of sp³-hybridized carbons (Fsp3) is 0.348. The number of aryl methyl sites for hydroxylation is 2. The number of aromatic nitrogens is 2. The second-order valence-corrected chi connectivity index (χ2v) is 8.12. The maximum absolute atomic E-state index is 12.7. The van der Waals surface area contributed by atoms with Crippen LogP contribution < -0.4 is 14.2 Å². The number of ketones is 1. The molecule has 4 rings (SSSR count). The number of hydrogen-bond donors (Lipinski definition) is 0. The smallest absolute Gasteiger partial charge is 0.277 e. The van der Waals surface area contributed by atoms with Crippen LogP contribution in [0.1, 0.15) is 34.3 Å². The first-order chi connectivity index (χ1) is 15.1. The van der Waals surface area contributed by atoms with Gasteiger partial charge in [0.25, 0.3) is 5.22 Å². The van der Waals surface area contributed by atoms with E-state index < -0.39 is 0 Å². The van der Waals surface area contributed by atoms with Crippen molar-refractivity contribution in [2.24, 2.45) is 0 Å². The number of thioether (sulfide) groups is 1. The Morgan fingerprint density at radius 2 is 1.68 bits per heavy atom. The molecule has 2 aromatic carbocycles. The number of hydrogen-bond acceptors (Lipinski definition) is 8. The van der Waals surface area contributed by atoms with Gasteiger partial charge in [-0.15, -0.1) is 10.2 Å². The number of methoxy groups -OCH3 is 3. The molecule has 0 radical (unpaired) electrons. The summed E-state index contributed by atoms with van der Waals surface area (Å²) in [6.07, 6.45) is 4.56. The average molecular weight is 441 g/mol. The third-order valence-electron chi connectivity index (χ3n) is 5.32. The molecule has 0 spiro atoms. The number of rotatable bonds is 8. The Morgan fingerprint density at radius 3 is 2.35 bits per heavy atom. The van der Waals surface area contributed by atoms with Gasteiger partial charge in [0.1, 0.15) is 0 Å². The molecule has 1 aliphatic carbocycles. The Balaban J connectivity index is 1.47. The van der Waals surface area contributed by atoms with E-state index in [1.54, 1.807) is 33.5 Å². The molecule has 0 amide bonds. The van der Waals surface area contributed by atoms with E-state index in [1.165, 1.54) is 35.7 Å². The third-order valence-corrected chi connectivity index (χ3v) is 6.13. The normalized spacial score (nSPS) is 12.9. The maximum Gasteiger partial charge on any atom is 0.277 e. The van der Waals surface area contributed by atoms with Gasteiger partial charge in [-0.3, -0.25) is 4.79 Å². The summed E-state index contributed by atoms with van der Waals surface area (Å²) >= 11 is 1.23. The topological polar surface area (TPSA) is 83.7 Å². The Labute approximate surface area is 185 Å². The van der Waals surface area contributed by atoms with Crippen LogP contribution in [0.2, 0.25) is 0 Å². The maximum atomic E-state index is 12.7. The van der Waals surface area contributed by atoms with Crippen molar-refractivity contribution in [3.63, 3.8) is 0 Å². The third kappa shape index (κ3) is 4.54. The summed E-state index contributed by atoms with van der Waals surface area (Å²) in [7, 11) is 4.63. The first-order valence-corrected chi connectivity index (χ1v) is 11.0. The molecule has 7 nitrogen and oxygen atoms in total. The standard InChI is InChI=1S/C23H24N2O5S/c1-27-19-11-17(12-20(28-2)21(19)29-3)22-24-25-23(30-22)31-13-18(26)16-9-8-14-6-4-5-7-15(14)10-16/h8-12H,4-7,13H2,1-3H3. The molecular weight excluding hydrogens is 416 g/mol. The fourth-order valence-electron chi connectivity index (χ4n) is 3.71. The van der Waals surface area contributed by atoms with Crippen LogP contribution >= 0.6 is 11.8 Å². The number of fused-ring (bicyclic) bond motifs is 1. The summed E-state index contributed by atoms with van der Waals surface area (Å²) in [5.74, 6) is 2.06. The van der Waals surface area contributed by atoms with Crippen LogP contribution in [0.4, 0.5) is 0 Å². The fourth-order valence-corrected chi connectivity index (χ4v) is 4.36. The summed E-state index contributed by atoms with van der Waals surface area (Å²) in [4.78, 5) is 12.7. The largest absolute Gasteiger partial charge is 0.493 e. The number of ether oxygens (including phenoxy) is 3. The molecule has 1 aliphatic rings. The van der Waals surface area contributed by atoms with Crippen LogP contribution in [0.3, 0.4) is 0 Å². The lowest BCUT2D eigenvalue weighted by atomic mass is 9.90. The summed E-state index contributed by atoms with van der Waals surface area (Å²) in [6.45, 7) is 0. The molecule has 0 saturated heterocycles. The zero-order chi connectivity index (χ0) is 21.8. The number of nitrogens with zero attached hydrogens (tertiary/aromatic N) is 2. The van der Waals surface area contributed by atoms with Crippen molar-refractivity contribution in [3.05, 3.63) is 47.0 Å². The van der Waals surface area contributed by atoms with Gasteiger partial charge < -0.3 is 18.6 Å².